The van der Waals surface area contributed by atoms with Gasteiger partial charge in [0.2, 0.25) is 10.0 Å². The highest BCUT2D eigenvalue weighted by Gasteiger charge is 2.24. The monoisotopic (exact) mass is 466 g/mol. The molecule has 2 aromatic carbocycles. The summed E-state index contributed by atoms with van der Waals surface area (Å²) in [6.45, 7) is 0.121. The van der Waals surface area contributed by atoms with Crippen molar-refractivity contribution in [3.63, 3.8) is 0 Å². The van der Waals surface area contributed by atoms with Crippen molar-refractivity contribution in [2.24, 2.45) is 5.14 Å². The SMILES string of the molecule is NS(=O)(=O)c1cc(C(=O)OOC(=O)c2ccccc2O)c(NCc2ccco2)cc1Cl. The number of furan rings is 1. The van der Waals surface area contributed by atoms with Crippen molar-refractivity contribution in [3.05, 3.63) is 76.7 Å². The zero-order valence-electron chi connectivity index (χ0n) is 15.6. The molecule has 1 aromatic heterocycles. The first-order chi connectivity index (χ1) is 14.7. The van der Waals surface area contributed by atoms with Gasteiger partial charge >= 0.3 is 11.9 Å². The molecule has 4 N–H and O–H groups in total. The predicted molar refractivity (Wildman–Crippen MR) is 108 cm³/mol. The molecule has 0 saturated heterocycles. The normalized spacial score (nSPS) is 11.0. The van der Waals surface area contributed by atoms with Crippen LogP contribution in [0.15, 0.2) is 64.1 Å². The van der Waals surface area contributed by atoms with Crippen molar-refractivity contribution in [3.8, 4) is 5.75 Å². The fraction of sp³-hybridized carbons (Fsp3) is 0.0526. The van der Waals surface area contributed by atoms with Crippen molar-refractivity contribution in [2.45, 2.75) is 11.4 Å². The molecule has 10 nitrogen and oxygen atoms in total. The lowest BCUT2D eigenvalue weighted by molar-refractivity contribution is -0.187. The second kappa shape index (κ2) is 9.08. The molecular weight excluding hydrogens is 452 g/mol. The first kappa shape index (κ1) is 22.2. The average Bonchev–Trinajstić information content (AvgIpc) is 3.23. The molecule has 162 valence electrons. The molecule has 0 atom stereocenters. The van der Waals surface area contributed by atoms with Crippen LogP contribution in [0, 0.1) is 0 Å². The Bertz CT molecular complexity index is 1230. The summed E-state index contributed by atoms with van der Waals surface area (Å²) in [6, 6.07) is 10.8. The van der Waals surface area contributed by atoms with Crippen molar-refractivity contribution < 1.29 is 37.3 Å². The highest BCUT2D eigenvalue weighted by atomic mass is 35.5. The molecule has 0 amide bonds. The number of phenolic OH excluding ortho intramolecular Hbond substituents is 1. The lowest BCUT2D eigenvalue weighted by Gasteiger charge is -2.13. The van der Waals surface area contributed by atoms with Crippen LogP contribution >= 0.6 is 11.6 Å². The van der Waals surface area contributed by atoms with Crippen LogP contribution in [-0.2, 0) is 26.3 Å². The van der Waals surface area contributed by atoms with E-state index in [9.17, 15) is 23.1 Å². The van der Waals surface area contributed by atoms with Gasteiger partial charge in [-0.15, -0.1) is 0 Å². The molecule has 3 rings (SSSR count). The summed E-state index contributed by atoms with van der Waals surface area (Å²) in [6.07, 6.45) is 1.45. The van der Waals surface area contributed by atoms with Crippen molar-refractivity contribution in [1.82, 2.24) is 0 Å². The third kappa shape index (κ3) is 5.34. The number of primary sulfonamides is 1. The van der Waals surface area contributed by atoms with E-state index in [1.165, 1.54) is 30.5 Å². The number of aromatic hydroxyl groups is 1. The standard InChI is InChI=1S/C19H15ClN2O8S/c20-14-9-15(22-10-11-4-3-7-28-11)13(8-17(14)31(21,26)27)19(25)30-29-18(24)12-5-1-2-6-16(12)23/h1-9,22-23H,10H2,(H2,21,26,27). The number of halogens is 1. The maximum atomic E-state index is 12.5. The fourth-order valence-electron chi connectivity index (χ4n) is 2.49. The van der Waals surface area contributed by atoms with Crippen LogP contribution in [0.2, 0.25) is 5.02 Å². The van der Waals surface area contributed by atoms with Crippen LogP contribution in [0.25, 0.3) is 0 Å². The van der Waals surface area contributed by atoms with Gasteiger partial charge in [-0.05, 0) is 36.4 Å². The smallest absolute Gasteiger partial charge is 0.390 e. The van der Waals surface area contributed by atoms with E-state index in [-0.39, 0.29) is 34.1 Å². The van der Waals surface area contributed by atoms with Crippen LogP contribution < -0.4 is 10.5 Å². The summed E-state index contributed by atoms with van der Waals surface area (Å²) in [4.78, 5) is 33.0. The number of para-hydroxylation sites is 1. The van der Waals surface area contributed by atoms with Gasteiger partial charge in [-0.2, -0.15) is 0 Å². The summed E-state index contributed by atoms with van der Waals surface area (Å²) < 4.78 is 28.7. The highest BCUT2D eigenvalue weighted by molar-refractivity contribution is 7.89. The summed E-state index contributed by atoms with van der Waals surface area (Å²) in [5.41, 5.74) is -0.504. The molecule has 0 saturated carbocycles. The fourth-order valence-corrected chi connectivity index (χ4v) is 3.59. The molecule has 12 heteroatoms. The lowest BCUT2D eigenvalue weighted by Crippen LogP contribution is -2.17. The highest BCUT2D eigenvalue weighted by Crippen LogP contribution is 2.29. The number of nitrogens with one attached hydrogen (secondary N) is 1. The van der Waals surface area contributed by atoms with Crippen LogP contribution in [0.5, 0.6) is 5.75 Å². The zero-order chi connectivity index (χ0) is 22.6. The van der Waals surface area contributed by atoms with Crippen LogP contribution in [-0.4, -0.2) is 25.5 Å². The Balaban J connectivity index is 1.86. The summed E-state index contributed by atoms with van der Waals surface area (Å²) in [7, 11) is -4.27. The van der Waals surface area contributed by atoms with Crippen LogP contribution in [0.1, 0.15) is 26.5 Å². The second-order valence-electron chi connectivity index (χ2n) is 6.06. The van der Waals surface area contributed by atoms with Gasteiger partial charge in [-0.1, -0.05) is 23.7 Å². The number of hydrogen-bond acceptors (Lipinski definition) is 9. The Labute approximate surface area is 181 Å². The predicted octanol–water partition coefficient (Wildman–Crippen LogP) is 2.83. The van der Waals surface area contributed by atoms with E-state index in [0.29, 0.717) is 5.76 Å². The second-order valence-corrected chi connectivity index (χ2v) is 8.00. The van der Waals surface area contributed by atoms with Gasteiger partial charge in [-0.3, -0.25) is 0 Å². The number of rotatable bonds is 6. The molecule has 0 bridgehead atoms. The minimum Gasteiger partial charge on any atom is -0.507 e. The third-order valence-electron chi connectivity index (χ3n) is 3.95. The number of phenols is 1. The molecule has 0 aliphatic carbocycles. The maximum Gasteiger partial charge on any atom is 0.390 e. The van der Waals surface area contributed by atoms with Gasteiger partial charge in [0.15, 0.2) is 0 Å². The minimum atomic E-state index is -4.27. The van der Waals surface area contributed by atoms with Crippen LogP contribution in [0.4, 0.5) is 5.69 Å². The number of sulfonamides is 1. The van der Waals surface area contributed by atoms with Crippen molar-refractivity contribution in [1.29, 1.82) is 0 Å². The van der Waals surface area contributed by atoms with Crippen molar-refractivity contribution >= 4 is 39.3 Å². The average molecular weight is 467 g/mol. The third-order valence-corrected chi connectivity index (χ3v) is 5.32. The van der Waals surface area contributed by atoms with E-state index < -0.39 is 26.9 Å². The first-order valence-electron chi connectivity index (χ1n) is 8.50. The molecule has 0 aliphatic rings. The van der Waals surface area contributed by atoms with Gasteiger partial charge in [0.25, 0.3) is 0 Å². The maximum absolute atomic E-state index is 12.5. The van der Waals surface area contributed by atoms with Crippen molar-refractivity contribution in [2.75, 3.05) is 5.32 Å². The van der Waals surface area contributed by atoms with E-state index in [0.717, 1.165) is 12.1 Å². The molecule has 0 fully saturated rings. The molecule has 1 heterocycles. The molecule has 0 unspecified atom stereocenters. The largest absolute Gasteiger partial charge is 0.507 e. The Kier molecular flexibility index (Phi) is 6.49. The molecule has 3 aromatic rings. The number of nitrogens with two attached hydrogens (primary N) is 1. The van der Waals surface area contributed by atoms with Gasteiger partial charge in [0.1, 0.15) is 22.0 Å². The van der Waals surface area contributed by atoms with E-state index in [4.69, 9.17) is 21.2 Å². The number of anilines is 1. The first-order valence-corrected chi connectivity index (χ1v) is 10.4. The van der Waals surface area contributed by atoms with Gasteiger partial charge in [0.05, 0.1) is 29.1 Å². The Hall–Kier alpha value is -3.54. The molecular formula is C19H15ClN2O8S. The van der Waals surface area contributed by atoms with E-state index in [1.807, 2.05) is 0 Å². The summed E-state index contributed by atoms with van der Waals surface area (Å²) in [5.74, 6) is -2.23. The lowest BCUT2D eigenvalue weighted by atomic mass is 10.1. The van der Waals surface area contributed by atoms with Gasteiger partial charge in [0, 0.05) is 0 Å². The summed E-state index contributed by atoms with van der Waals surface area (Å²) in [5, 5.41) is 17.4. The van der Waals surface area contributed by atoms with E-state index in [1.54, 1.807) is 12.1 Å². The zero-order valence-corrected chi connectivity index (χ0v) is 17.1. The van der Waals surface area contributed by atoms with E-state index >= 15 is 0 Å². The Morgan fingerprint density at radius 3 is 2.35 bits per heavy atom. The van der Waals surface area contributed by atoms with Gasteiger partial charge < -0.3 is 14.8 Å². The molecule has 0 aliphatic heterocycles. The van der Waals surface area contributed by atoms with Gasteiger partial charge in [-0.25, -0.2) is 32.9 Å². The Morgan fingerprint density at radius 1 is 1.06 bits per heavy atom. The molecule has 0 spiro atoms. The number of carbonyl (C=O) groups excluding carboxylic acids is 2. The molecule has 31 heavy (non-hydrogen) atoms. The topological polar surface area (TPSA) is 158 Å². The number of carbonyl (C=O) groups is 2. The quantitative estimate of drug-likeness (QED) is 0.366. The number of hydrogen-bond donors (Lipinski definition) is 3. The number of benzene rings is 2. The summed E-state index contributed by atoms with van der Waals surface area (Å²) >= 11 is 5.99. The minimum absolute atomic E-state index is 0.0670. The van der Waals surface area contributed by atoms with Crippen LogP contribution in [0.3, 0.4) is 0 Å². The van der Waals surface area contributed by atoms with E-state index in [2.05, 4.69) is 15.1 Å². The Morgan fingerprint density at radius 2 is 1.74 bits per heavy atom. The molecule has 0 radical (unpaired) electrons.